The van der Waals surface area contributed by atoms with Gasteiger partial charge in [-0.25, -0.2) is 0 Å². The summed E-state index contributed by atoms with van der Waals surface area (Å²) in [7, 11) is 0. The van der Waals surface area contributed by atoms with Gasteiger partial charge in [-0.1, -0.05) is 121 Å². The van der Waals surface area contributed by atoms with Crippen molar-refractivity contribution in [2.24, 2.45) is 0 Å². The van der Waals surface area contributed by atoms with Crippen LogP contribution in [0, 0.1) is 0 Å². The van der Waals surface area contributed by atoms with Crippen molar-refractivity contribution in [3.63, 3.8) is 0 Å². The maximum Gasteiger partial charge on any atom is 0.135 e. The second kappa shape index (κ2) is 10.6. The number of rotatable bonds is 4. The molecule has 1 aromatic heterocycles. The summed E-state index contributed by atoms with van der Waals surface area (Å²) in [6.45, 7) is 0. The van der Waals surface area contributed by atoms with Gasteiger partial charge in [0.2, 0.25) is 0 Å². The maximum absolute atomic E-state index is 6.40. The van der Waals surface area contributed by atoms with Gasteiger partial charge in [0.25, 0.3) is 0 Å². The van der Waals surface area contributed by atoms with Crippen LogP contribution in [0.4, 0.5) is 0 Å². The summed E-state index contributed by atoms with van der Waals surface area (Å²) in [6.07, 6.45) is 0. The van der Waals surface area contributed by atoms with Crippen LogP contribution in [-0.2, 0) is 0 Å². The Morgan fingerprint density at radius 1 is 0.354 bits per heavy atom. The van der Waals surface area contributed by atoms with Crippen molar-refractivity contribution >= 4 is 32.6 Å². The van der Waals surface area contributed by atoms with E-state index in [9.17, 15) is 0 Å². The van der Waals surface area contributed by atoms with Crippen molar-refractivity contribution in [2.75, 3.05) is 0 Å². The average Bonchev–Trinajstić information content (AvgIpc) is 3.49. The smallest absolute Gasteiger partial charge is 0.135 e. The second-order valence-electron chi connectivity index (χ2n) is 12.6. The molecule has 1 aliphatic heterocycles. The van der Waals surface area contributed by atoms with E-state index in [1.54, 1.807) is 0 Å². The molecule has 0 spiro atoms. The van der Waals surface area contributed by atoms with E-state index in [1.807, 2.05) is 0 Å². The average molecular weight is 612 g/mol. The number of nitrogens with zero attached hydrogens (tertiary/aromatic N) is 1. The third-order valence-corrected chi connectivity index (χ3v) is 9.75. The van der Waals surface area contributed by atoms with Gasteiger partial charge in [-0.05, 0) is 98.9 Å². The molecule has 2 heteroatoms. The number of ether oxygens (including phenoxy) is 1. The molecule has 9 aromatic rings. The molecule has 0 unspecified atom stereocenters. The Hall–Kier alpha value is -6.38. The second-order valence-corrected chi connectivity index (χ2v) is 12.6. The van der Waals surface area contributed by atoms with Crippen LogP contribution in [-0.4, -0.2) is 4.57 Å². The van der Waals surface area contributed by atoms with Crippen LogP contribution in [0.1, 0.15) is 0 Å². The van der Waals surface area contributed by atoms with Gasteiger partial charge in [0, 0.05) is 27.4 Å². The summed E-state index contributed by atoms with van der Waals surface area (Å²) in [5, 5.41) is 4.84. The lowest BCUT2D eigenvalue weighted by atomic mass is 9.92. The first-order valence-electron chi connectivity index (χ1n) is 16.4. The zero-order valence-electron chi connectivity index (χ0n) is 26.1. The minimum atomic E-state index is 0.898. The Balaban J connectivity index is 1.16. The molecule has 0 amide bonds. The van der Waals surface area contributed by atoms with Crippen molar-refractivity contribution < 1.29 is 4.74 Å². The van der Waals surface area contributed by atoms with Crippen LogP contribution in [0.15, 0.2) is 176 Å². The summed E-state index contributed by atoms with van der Waals surface area (Å²) in [5.74, 6) is 1.82. The van der Waals surface area contributed by atoms with E-state index in [-0.39, 0.29) is 0 Å². The Morgan fingerprint density at radius 3 is 1.77 bits per heavy atom. The molecule has 0 saturated heterocycles. The highest BCUT2D eigenvalue weighted by Crippen LogP contribution is 2.48. The fraction of sp³-hybridized carbons (Fsp3) is 0. The lowest BCUT2D eigenvalue weighted by Crippen LogP contribution is -1.97. The molecule has 0 atom stereocenters. The van der Waals surface area contributed by atoms with Crippen molar-refractivity contribution in [2.45, 2.75) is 0 Å². The van der Waals surface area contributed by atoms with Gasteiger partial charge < -0.3 is 9.30 Å². The van der Waals surface area contributed by atoms with Crippen LogP contribution < -0.4 is 4.74 Å². The molecule has 8 aromatic carbocycles. The van der Waals surface area contributed by atoms with Gasteiger partial charge in [-0.3, -0.25) is 0 Å². The molecular weight excluding hydrogens is 583 g/mol. The monoisotopic (exact) mass is 611 g/mol. The molecule has 1 aliphatic rings. The van der Waals surface area contributed by atoms with E-state index in [0.29, 0.717) is 0 Å². The van der Waals surface area contributed by atoms with Crippen LogP contribution in [0.5, 0.6) is 11.5 Å². The van der Waals surface area contributed by atoms with Crippen molar-refractivity contribution in [1.82, 2.24) is 4.57 Å². The molecule has 2 nitrogen and oxygen atoms in total. The molecule has 48 heavy (non-hydrogen) atoms. The molecular formula is C46H29NO. The lowest BCUT2D eigenvalue weighted by molar-refractivity contribution is 0.487. The van der Waals surface area contributed by atoms with E-state index in [0.717, 1.165) is 22.7 Å². The molecule has 0 bridgehead atoms. The highest BCUT2D eigenvalue weighted by atomic mass is 16.5. The van der Waals surface area contributed by atoms with Crippen molar-refractivity contribution in [1.29, 1.82) is 0 Å². The maximum atomic E-state index is 6.40. The summed E-state index contributed by atoms with van der Waals surface area (Å²) in [4.78, 5) is 0. The van der Waals surface area contributed by atoms with Crippen molar-refractivity contribution in [3.8, 4) is 61.7 Å². The quantitative estimate of drug-likeness (QED) is 0.193. The number of para-hydroxylation sites is 1. The summed E-state index contributed by atoms with van der Waals surface area (Å²) < 4.78 is 8.82. The largest absolute Gasteiger partial charge is 0.456 e. The third kappa shape index (κ3) is 4.20. The Morgan fingerprint density at radius 2 is 1.00 bits per heavy atom. The molecule has 0 fully saturated rings. The zero-order chi connectivity index (χ0) is 31.6. The minimum Gasteiger partial charge on any atom is -0.456 e. The van der Waals surface area contributed by atoms with Gasteiger partial charge in [-0.15, -0.1) is 0 Å². The first-order valence-corrected chi connectivity index (χ1v) is 16.4. The number of hydrogen-bond donors (Lipinski definition) is 0. The number of aromatic nitrogens is 1. The van der Waals surface area contributed by atoms with Crippen LogP contribution in [0.3, 0.4) is 0 Å². The molecule has 2 heterocycles. The van der Waals surface area contributed by atoms with Gasteiger partial charge in [0.15, 0.2) is 0 Å². The van der Waals surface area contributed by atoms with Crippen LogP contribution in [0.2, 0.25) is 0 Å². The minimum absolute atomic E-state index is 0.898. The molecule has 0 aliphatic carbocycles. The first-order chi connectivity index (χ1) is 23.8. The normalized spacial score (nSPS) is 11.9. The van der Waals surface area contributed by atoms with E-state index < -0.39 is 0 Å². The predicted molar refractivity (Wildman–Crippen MR) is 200 cm³/mol. The van der Waals surface area contributed by atoms with E-state index in [4.69, 9.17) is 4.74 Å². The van der Waals surface area contributed by atoms with Gasteiger partial charge in [0.05, 0.1) is 11.0 Å². The third-order valence-electron chi connectivity index (χ3n) is 9.75. The SMILES string of the molecule is c1ccc(-c2cc(-c3ccccc3)cc(-n3c4ccccc4c4cc(-c5ccc6c(c5)-c5cccc7cccc(c57)O6)ccc43)c2)cc1. The van der Waals surface area contributed by atoms with Gasteiger partial charge >= 0.3 is 0 Å². The number of fused-ring (bicyclic) bond motifs is 5. The molecule has 10 rings (SSSR count). The molecule has 224 valence electrons. The Kier molecular flexibility index (Phi) is 5.91. The number of benzene rings is 8. The number of hydrogen-bond acceptors (Lipinski definition) is 1. The fourth-order valence-electron chi connectivity index (χ4n) is 7.51. The first kappa shape index (κ1) is 26.8. The molecule has 0 N–H and O–H groups in total. The summed E-state index contributed by atoms with van der Waals surface area (Å²) in [6, 6.07) is 63.3. The topological polar surface area (TPSA) is 14.2 Å². The Bertz CT molecular complexity index is 2620. The molecule has 0 saturated carbocycles. The highest BCUT2D eigenvalue weighted by molar-refractivity contribution is 6.11. The van der Waals surface area contributed by atoms with Gasteiger partial charge in [-0.2, -0.15) is 0 Å². The Labute approximate surface area is 278 Å². The van der Waals surface area contributed by atoms with Crippen LogP contribution in [0.25, 0.3) is 82.8 Å². The van der Waals surface area contributed by atoms with Crippen molar-refractivity contribution in [3.05, 3.63) is 176 Å². The summed E-state index contributed by atoms with van der Waals surface area (Å²) in [5.41, 5.74) is 13.0. The van der Waals surface area contributed by atoms with E-state index in [2.05, 4.69) is 180 Å². The van der Waals surface area contributed by atoms with Gasteiger partial charge in [0.1, 0.15) is 11.5 Å². The van der Waals surface area contributed by atoms with E-state index in [1.165, 1.54) is 71.5 Å². The fourth-order valence-corrected chi connectivity index (χ4v) is 7.51. The zero-order valence-corrected chi connectivity index (χ0v) is 26.1. The van der Waals surface area contributed by atoms with E-state index >= 15 is 0 Å². The summed E-state index contributed by atoms with van der Waals surface area (Å²) >= 11 is 0. The van der Waals surface area contributed by atoms with Crippen LogP contribution >= 0.6 is 0 Å². The standard InChI is InChI=1S/C46H29NO/c1-3-11-30(12-4-1)35-25-36(31-13-5-2-6-14-31)27-37(26-35)47-42-19-8-7-17-38(42)40-28-33(21-23-43(40)47)34-22-24-44-41(29-34)39-18-9-15-32-16-10-20-45(48-44)46(32)39/h1-29H. The highest BCUT2D eigenvalue weighted by Gasteiger charge is 2.21. The predicted octanol–water partition coefficient (Wildman–Crippen LogP) is 12.7. The molecule has 0 radical (unpaired) electrons. The lowest BCUT2D eigenvalue weighted by Gasteiger charge is -2.22.